The molecular weight excluding hydrogens is 200 g/mol. The van der Waals surface area contributed by atoms with Crippen LogP contribution in [-0.2, 0) is 22.5 Å². The van der Waals surface area contributed by atoms with E-state index in [-0.39, 0.29) is 12.5 Å². The Labute approximate surface area is 87.3 Å². The van der Waals surface area contributed by atoms with E-state index in [2.05, 4.69) is 22.0 Å². The monoisotopic (exact) mass is 214 g/mol. The summed E-state index contributed by atoms with van der Waals surface area (Å²) in [5.74, 6) is -0.254. The highest BCUT2D eigenvalue weighted by molar-refractivity contribution is 7.09. The van der Waals surface area contributed by atoms with E-state index in [9.17, 15) is 4.79 Å². The number of rotatable bonds is 5. The average Bonchev–Trinajstić information content (AvgIpc) is 2.65. The second kappa shape index (κ2) is 5.72. The Balaban J connectivity index is 2.27. The third kappa shape index (κ3) is 3.43. The van der Waals surface area contributed by atoms with E-state index in [0.29, 0.717) is 6.54 Å². The van der Waals surface area contributed by atoms with Crippen molar-refractivity contribution in [3.05, 3.63) is 16.1 Å². The van der Waals surface area contributed by atoms with E-state index >= 15 is 0 Å². The second-order valence-corrected chi connectivity index (χ2v) is 3.71. The SMILES string of the molecule is CCc1nc(CNCC(=O)OC)cs1. The zero-order valence-corrected chi connectivity index (χ0v) is 9.19. The van der Waals surface area contributed by atoms with Gasteiger partial charge in [-0.15, -0.1) is 11.3 Å². The molecule has 0 radical (unpaired) electrons. The molecule has 4 nitrogen and oxygen atoms in total. The summed E-state index contributed by atoms with van der Waals surface area (Å²) < 4.78 is 4.50. The maximum absolute atomic E-state index is 10.8. The van der Waals surface area contributed by atoms with Crippen LogP contribution in [0, 0.1) is 0 Å². The van der Waals surface area contributed by atoms with Gasteiger partial charge in [-0.2, -0.15) is 0 Å². The fourth-order valence-corrected chi connectivity index (χ4v) is 1.70. The molecule has 0 saturated heterocycles. The zero-order valence-electron chi connectivity index (χ0n) is 8.37. The van der Waals surface area contributed by atoms with Crippen molar-refractivity contribution in [3.63, 3.8) is 0 Å². The van der Waals surface area contributed by atoms with E-state index in [4.69, 9.17) is 0 Å². The van der Waals surface area contributed by atoms with Crippen molar-refractivity contribution < 1.29 is 9.53 Å². The minimum absolute atomic E-state index is 0.232. The van der Waals surface area contributed by atoms with Crippen LogP contribution in [0.1, 0.15) is 17.6 Å². The Morgan fingerprint density at radius 3 is 3.07 bits per heavy atom. The summed E-state index contributed by atoms with van der Waals surface area (Å²) in [7, 11) is 1.38. The minimum Gasteiger partial charge on any atom is -0.468 e. The summed E-state index contributed by atoms with van der Waals surface area (Å²) in [5.41, 5.74) is 0.982. The lowest BCUT2D eigenvalue weighted by molar-refractivity contribution is -0.139. The number of ether oxygens (including phenoxy) is 1. The molecule has 0 atom stereocenters. The Hall–Kier alpha value is -0.940. The summed E-state index contributed by atoms with van der Waals surface area (Å²) >= 11 is 1.65. The van der Waals surface area contributed by atoms with Gasteiger partial charge in [-0.25, -0.2) is 4.98 Å². The Kier molecular flexibility index (Phi) is 4.55. The molecule has 14 heavy (non-hydrogen) atoms. The predicted molar refractivity (Wildman–Crippen MR) is 55.2 cm³/mol. The van der Waals surface area contributed by atoms with Crippen molar-refractivity contribution in [1.29, 1.82) is 0 Å². The quantitative estimate of drug-likeness (QED) is 0.742. The molecule has 0 spiro atoms. The predicted octanol–water partition coefficient (Wildman–Crippen LogP) is 0.968. The highest BCUT2D eigenvalue weighted by Crippen LogP contribution is 2.09. The van der Waals surface area contributed by atoms with Crippen LogP contribution in [0.2, 0.25) is 0 Å². The Morgan fingerprint density at radius 2 is 2.50 bits per heavy atom. The van der Waals surface area contributed by atoms with Crippen molar-refractivity contribution in [3.8, 4) is 0 Å². The maximum Gasteiger partial charge on any atom is 0.319 e. The highest BCUT2D eigenvalue weighted by Gasteiger charge is 2.02. The van der Waals surface area contributed by atoms with Gasteiger partial charge in [0.1, 0.15) is 0 Å². The van der Waals surface area contributed by atoms with E-state index in [1.54, 1.807) is 11.3 Å². The molecule has 1 N–H and O–H groups in total. The van der Waals surface area contributed by atoms with Gasteiger partial charge in [0.15, 0.2) is 0 Å². The molecule has 0 unspecified atom stereocenters. The first-order valence-electron chi connectivity index (χ1n) is 4.47. The van der Waals surface area contributed by atoms with Crippen molar-refractivity contribution in [2.75, 3.05) is 13.7 Å². The number of methoxy groups -OCH3 is 1. The number of aryl methyl sites for hydroxylation is 1. The third-order valence-corrected chi connectivity index (χ3v) is 2.75. The largest absolute Gasteiger partial charge is 0.468 e. The summed E-state index contributed by atoms with van der Waals surface area (Å²) in [5, 5.41) is 6.09. The van der Waals surface area contributed by atoms with Crippen molar-refractivity contribution in [1.82, 2.24) is 10.3 Å². The van der Waals surface area contributed by atoms with Gasteiger partial charge in [0.05, 0.1) is 24.4 Å². The van der Waals surface area contributed by atoms with Gasteiger partial charge in [0, 0.05) is 11.9 Å². The van der Waals surface area contributed by atoms with Crippen molar-refractivity contribution >= 4 is 17.3 Å². The maximum atomic E-state index is 10.8. The van der Waals surface area contributed by atoms with Crippen molar-refractivity contribution in [2.45, 2.75) is 19.9 Å². The molecule has 0 saturated carbocycles. The highest BCUT2D eigenvalue weighted by atomic mass is 32.1. The topological polar surface area (TPSA) is 51.2 Å². The molecule has 5 heteroatoms. The van der Waals surface area contributed by atoms with Crippen LogP contribution in [0.3, 0.4) is 0 Å². The Morgan fingerprint density at radius 1 is 1.71 bits per heavy atom. The molecule has 0 aromatic carbocycles. The average molecular weight is 214 g/mol. The van der Waals surface area contributed by atoms with Gasteiger partial charge >= 0.3 is 5.97 Å². The molecular formula is C9H14N2O2S. The normalized spacial score (nSPS) is 10.1. The van der Waals surface area contributed by atoms with E-state index in [1.807, 2.05) is 5.38 Å². The van der Waals surface area contributed by atoms with Gasteiger partial charge in [0.2, 0.25) is 0 Å². The number of hydrogen-bond donors (Lipinski definition) is 1. The molecule has 0 fully saturated rings. The molecule has 78 valence electrons. The van der Waals surface area contributed by atoms with Crippen LogP contribution < -0.4 is 5.32 Å². The lowest BCUT2D eigenvalue weighted by atomic mass is 10.4. The first-order valence-corrected chi connectivity index (χ1v) is 5.35. The minimum atomic E-state index is -0.254. The first kappa shape index (κ1) is 11.1. The molecule has 1 aromatic heterocycles. The summed E-state index contributed by atoms with van der Waals surface area (Å²) in [6.07, 6.45) is 0.960. The molecule has 0 aliphatic heterocycles. The van der Waals surface area contributed by atoms with Crippen LogP contribution in [0.4, 0.5) is 0 Å². The van der Waals surface area contributed by atoms with E-state index in [0.717, 1.165) is 17.1 Å². The summed E-state index contributed by atoms with van der Waals surface area (Å²) in [4.78, 5) is 15.1. The Bertz CT molecular complexity index is 299. The molecule has 0 bridgehead atoms. The molecule has 1 rings (SSSR count). The number of carbonyl (C=O) groups is 1. The van der Waals surface area contributed by atoms with Crippen LogP contribution in [0.15, 0.2) is 5.38 Å². The molecule has 1 aromatic rings. The zero-order chi connectivity index (χ0) is 10.4. The van der Waals surface area contributed by atoms with Crippen LogP contribution >= 0.6 is 11.3 Å². The molecule has 0 aliphatic carbocycles. The van der Waals surface area contributed by atoms with Gasteiger partial charge in [0.25, 0.3) is 0 Å². The fraction of sp³-hybridized carbons (Fsp3) is 0.556. The van der Waals surface area contributed by atoms with Gasteiger partial charge < -0.3 is 10.1 Å². The van der Waals surface area contributed by atoms with Crippen LogP contribution in [0.25, 0.3) is 0 Å². The van der Waals surface area contributed by atoms with E-state index < -0.39 is 0 Å². The molecule has 0 amide bonds. The van der Waals surface area contributed by atoms with Gasteiger partial charge in [-0.1, -0.05) is 6.92 Å². The lowest BCUT2D eigenvalue weighted by Gasteiger charge is -1.99. The number of carbonyl (C=O) groups excluding carboxylic acids is 1. The number of thiazole rings is 1. The number of nitrogens with one attached hydrogen (secondary N) is 1. The van der Waals surface area contributed by atoms with Crippen LogP contribution in [0.5, 0.6) is 0 Å². The number of nitrogens with zero attached hydrogens (tertiary/aromatic N) is 1. The van der Waals surface area contributed by atoms with Gasteiger partial charge in [-0.05, 0) is 6.42 Å². The number of hydrogen-bond acceptors (Lipinski definition) is 5. The standard InChI is InChI=1S/C9H14N2O2S/c1-3-8-11-7(6-14-8)4-10-5-9(12)13-2/h6,10H,3-5H2,1-2H3. The van der Waals surface area contributed by atoms with Gasteiger partial charge in [-0.3, -0.25) is 4.79 Å². The first-order chi connectivity index (χ1) is 6.76. The summed E-state index contributed by atoms with van der Waals surface area (Å²) in [6, 6.07) is 0. The van der Waals surface area contributed by atoms with Crippen molar-refractivity contribution in [2.24, 2.45) is 0 Å². The number of aromatic nitrogens is 1. The lowest BCUT2D eigenvalue weighted by Crippen LogP contribution is -2.23. The molecule has 1 heterocycles. The van der Waals surface area contributed by atoms with E-state index in [1.165, 1.54) is 7.11 Å². The number of esters is 1. The smallest absolute Gasteiger partial charge is 0.319 e. The fourth-order valence-electron chi connectivity index (χ4n) is 0.957. The third-order valence-electron chi connectivity index (χ3n) is 1.70. The summed E-state index contributed by atoms with van der Waals surface area (Å²) in [6.45, 7) is 2.92. The second-order valence-electron chi connectivity index (χ2n) is 2.77. The molecule has 0 aliphatic rings. The van der Waals surface area contributed by atoms with Crippen LogP contribution in [-0.4, -0.2) is 24.6 Å².